The molecule has 1 rings (SSSR count). The predicted octanol–water partition coefficient (Wildman–Crippen LogP) is 1.60. The summed E-state index contributed by atoms with van der Waals surface area (Å²) in [4.78, 5) is 11.7. The van der Waals surface area contributed by atoms with Gasteiger partial charge in [-0.1, -0.05) is 12.1 Å². The molecule has 0 heterocycles. The fraction of sp³-hybridized carbons (Fsp3) is 0.364. The third-order valence-corrected chi connectivity index (χ3v) is 2.81. The molecule has 0 aromatic heterocycles. The van der Waals surface area contributed by atoms with Gasteiger partial charge < -0.3 is 9.84 Å². The standard InChI is InChI=1S/C11H14O3S/c1-14-11-5-3-2-4-9(11)10(13)8-15-7-6-12/h2-5,12H,6-8H2,1H3. The van der Waals surface area contributed by atoms with Crippen molar-refractivity contribution in [1.29, 1.82) is 0 Å². The molecule has 1 aromatic carbocycles. The number of para-hydroxylation sites is 1. The molecule has 15 heavy (non-hydrogen) atoms. The van der Waals surface area contributed by atoms with Gasteiger partial charge in [-0.15, -0.1) is 0 Å². The molecule has 1 N–H and O–H groups in total. The number of rotatable bonds is 6. The Labute approximate surface area is 93.4 Å². The maximum Gasteiger partial charge on any atom is 0.176 e. The normalized spacial score (nSPS) is 10.0. The monoisotopic (exact) mass is 226 g/mol. The van der Waals surface area contributed by atoms with Crippen molar-refractivity contribution in [3.05, 3.63) is 29.8 Å². The second-order valence-electron chi connectivity index (χ2n) is 2.90. The van der Waals surface area contributed by atoms with Crippen LogP contribution >= 0.6 is 11.8 Å². The molecule has 0 amide bonds. The molecule has 0 saturated carbocycles. The van der Waals surface area contributed by atoms with Gasteiger partial charge in [0.1, 0.15) is 5.75 Å². The molecule has 3 nitrogen and oxygen atoms in total. The molecule has 0 unspecified atom stereocenters. The lowest BCUT2D eigenvalue weighted by Crippen LogP contribution is -2.05. The fourth-order valence-corrected chi connectivity index (χ4v) is 1.80. The van der Waals surface area contributed by atoms with E-state index in [2.05, 4.69) is 0 Å². The van der Waals surface area contributed by atoms with Crippen molar-refractivity contribution in [2.45, 2.75) is 0 Å². The summed E-state index contributed by atoms with van der Waals surface area (Å²) in [6.07, 6.45) is 0. The van der Waals surface area contributed by atoms with Gasteiger partial charge >= 0.3 is 0 Å². The van der Waals surface area contributed by atoms with Crippen molar-refractivity contribution in [3.8, 4) is 5.75 Å². The first kappa shape index (κ1) is 12.1. The molecule has 0 fully saturated rings. The second-order valence-corrected chi connectivity index (χ2v) is 4.00. The Kier molecular flexibility index (Phi) is 5.21. The Hall–Kier alpha value is -1.00. The highest BCUT2D eigenvalue weighted by Crippen LogP contribution is 2.19. The second kappa shape index (κ2) is 6.48. The minimum absolute atomic E-state index is 0.0332. The molecule has 82 valence electrons. The number of aliphatic hydroxyl groups excluding tert-OH is 1. The van der Waals surface area contributed by atoms with Gasteiger partial charge in [0.15, 0.2) is 5.78 Å². The number of aliphatic hydroxyl groups is 1. The number of hydrogen-bond acceptors (Lipinski definition) is 4. The summed E-state index contributed by atoms with van der Waals surface area (Å²) in [5, 5.41) is 8.59. The number of Topliss-reactive ketones (excluding diaryl/α,β-unsaturated/α-hetero) is 1. The SMILES string of the molecule is COc1ccccc1C(=O)CSCCO. The summed E-state index contributed by atoms with van der Waals surface area (Å²) in [6, 6.07) is 7.16. The summed E-state index contributed by atoms with van der Waals surface area (Å²) in [7, 11) is 1.55. The number of carbonyl (C=O) groups is 1. The summed E-state index contributed by atoms with van der Waals surface area (Å²) in [5.74, 6) is 1.60. The Balaban J connectivity index is 2.64. The average Bonchev–Trinajstić information content (AvgIpc) is 2.29. The number of ketones is 1. The Morgan fingerprint density at radius 1 is 1.47 bits per heavy atom. The van der Waals surface area contributed by atoms with Gasteiger partial charge in [0, 0.05) is 5.75 Å². The number of carbonyl (C=O) groups excluding carboxylic acids is 1. The maximum atomic E-state index is 11.7. The zero-order valence-corrected chi connectivity index (χ0v) is 9.42. The molecule has 0 saturated heterocycles. The number of ether oxygens (including phenoxy) is 1. The Morgan fingerprint density at radius 3 is 2.87 bits per heavy atom. The highest BCUT2D eigenvalue weighted by molar-refractivity contribution is 8.00. The van der Waals surface area contributed by atoms with Crippen LogP contribution in [0.1, 0.15) is 10.4 Å². The predicted molar refractivity (Wildman–Crippen MR) is 61.7 cm³/mol. The van der Waals surface area contributed by atoms with Crippen LogP contribution in [0.25, 0.3) is 0 Å². The van der Waals surface area contributed by atoms with E-state index >= 15 is 0 Å². The molecule has 0 aliphatic rings. The molecule has 1 aromatic rings. The zero-order chi connectivity index (χ0) is 11.1. The zero-order valence-electron chi connectivity index (χ0n) is 8.60. The molecule has 4 heteroatoms. The van der Waals surface area contributed by atoms with E-state index in [4.69, 9.17) is 9.84 Å². The smallest absolute Gasteiger partial charge is 0.176 e. The summed E-state index contributed by atoms with van der Waals surface area (Å²) >= 11 is 1.42. The van der Waals surface area contributed by atoms with E-state index in [0.29, 0.717) is 22.8 Å². The van der Waals surface area contributed by atoms with E-state index < -0.39 is 0 Å². The third kappa shape index (κ3) is 3.57. The van der Waals surface area contributed by atoms with Gasteiger partial charge in [-0.05, 0) is 12.1 Å². The van der Waals surface area contributed by atoms with Crippen LogP contribution in [-0.2, 0) is 0 Å². The van der Waals surface area contributed by atoms with Gasteiger partial charge in [0.05, 0.1) is 25.0 Å². The van der Waals surface area contributed by atoms with Crippen molar-refractivity contribution in [2.75, 3.05) is 25.2 Å². The molecule has 0 radical (unpaired) electrons. The Morgan fingerprint density at radius 2 is 2.20 bits per heavy atom. The largest absolute Gasteiger partial charge is 0.496 e. The number of methoxy groups -OCH3 is 1. The van der Waals surface area contributed by atoms with E-state index in [1.54, 1.807) is 19.2 Å². The van der Waals surface area contributed by atoms with Gasteiger partial charge in [-0.25, -0.2) is 0 Å². The molecular formula is C11H14O3S. The number of hydrogen-bond donors (Lipinski definition) is 1. The molecule has 0 atom stereocenters. The van der Waals surface area contributed by atoms with Crippen LogP contribution in [0.4, 0.5) is 0 Å². The van der Waals surface area contributed by atoms with Gasteiger partial charge in [0.25, 0.3) is 0 Å². The minimum Gasteiger partial charge on any atom is -0.496 e. The van der Waals surface area contributed by atoms with Crippen molar-refractivity contribution in [1.82, 2.24) is 0 Å². The van der Waals surface area contributed by atoms with Crippen LogP contribution in [0.15, 0.2) is 24.3 Å². The fourth-order valence-electron chi connectivity index (χ4n) is 1.18. The third-order valence-electron chi connectivity index (χ3n) is 1.88. The molecule has 0 aliphatic heterocycles. The maximum absolute atomic E-state index is 11.7. The molecular weight excluding hydrogens is 212 g/mol. The first-order chi connectivity index (χ1) is 7.29. The lowest BCUT2D eigenvalue weighted by Gasteiger charge is -2.06. The first-order valence-corrected chi connectivity index (χ1v) is 5.80. The van der Waals surface area contributed by atoms with Gasteiger partial charge in [-0.3, -0.25) is 4.79 Å². The van der Waals surface area contributed by atoms with Crippen LogP contribution in [0.2, 0.25) is 0 Å². The van der Waals surface area contributed by atoms with Crippen molar-refractivity contribution in [3.63, 3.8) is 0 Å². The van der Waals surface area contributed by atoms with Crippen LogP contribution in [0, 0.1) is 0 Å². The van der Waals surface area contributed by atoms with E-state index in [9.17, 15) is 4.79 Å². The quantitative estimate of drug-likeness (QED) is 0.591. The van der Waals surface area contributed by atoms with Gasteiger partial charge in [-0.2, -0.15) is 11.8 Å². The van der Waals surface area contributed by atoms with Crippen LogP contribution in [-0.4, -0.2) is 36.1 Å². The summed E-state index contributed by atoms with van der Waals surface area (Å²) in [5.41, 5.74) is 0.602. The van der Waals surface area contributed by atoms with E-state index in [0.717, 1.165) is 0 Å². The van der Waals surface area contributed by atoms with Crippen LogP contribution < -0.4 is 4.74 Å². The van der Waals surface area contributed by atoms with E-state index in [1.807, 2.05) is 12.1 Å². The highest BCUT2D eigenvalue weighted by atomic mass is 32.2. The average molecular weight is 226 g/mol. The van der Waals surface area contributed by atoms with Crippen molar-refractivity contribution < 1.29 is 14.6 Å². The number of thioether (sulfide) groups is 1. The highest BCUT2D eigenvalue weighted by Gasteiger charge is 2.10. The van der Waals surface area contributed by atoms with Crippen molar-refractivity contribution in [2.24, 2.45) is 0 Å². The molecule has 0 aliphatic carbocycles. The lowest BCUT2D eigenvalue weighted by molar-refractivity contribution is 0.101. The first-order valence-electron chi connectivity index (χ1n) is 4.64. The number of benzene rings is 1. The minimum atomic E-state index is 0.0332. The molecule has 0 bridgehead atoms. The van der Waals surface area contributed by atoms with Crippen molar-refractivity contribution >= 4 is 17.5 Å². The van der Waals surface area contributed by atoms with Gasteiger partial charge in [0.2, 0.25) is 0 Å². The van der Waals surface area contributed by atoms with E-state index in [1.165, 1.54) is 11.8 Å². The summed E-state index contributed by atoms with van der Waals surface area (Å²) in [6.45, 7) is 0.101. The molecule has 0 spiro atoms. The van der Waals surface area contributed by atoms with E-state index in [-0.39, 0.29) is 12.4 Å². The van der Waals surface area contributed by atoms with Crippen LogP contribution in [0.5, 0.6) is 5.75 Å². The summed E-state index contributed by atoms with van der Waals surface area (Å²) < 4.78 is 5.09. The Bertz CT molecular complexity index is 325. The topological polar surface area (TPSA) is 46.5 Å². The van der Waals surface area contributed by atoms with Crippen LogP contribution in [0.3, 0.4) is 0 Å². The lowest BCUT2D eigenvalue weighted by atomic mass is 10.1.